The van der Waals surface area contributed by atoms with E-state index in [0.29, 0.717) is 10.7 Å². The predicted octanol–water partition coefficient (Wildman–Crippen LogP) is 3.69. The summed E-state index contributed by atoms with van der Waals surface area (Å²) in [5.41, 5.74) is 3.74. The third-order valence-electron chi connectivity index (χ3n) is 4.10. The van der Waals surface area contributed by atoms with Gasteiger partial charge in [0.1, 0.15) is 5.75 Å². The van der Waals surface area contributed by atoms with Gasteiger partial charge in [-0.05, 0) is 67.6 Å². The normalized spacial score (nSPS) is 15.8. The number of esters is 1. The Kier molecular flexibility index (Phi) is 4.73. The van der Waals surface area contributed by atoms with Crippen LogP contribution >= 0.6 is 11.8 Å². The second-order valence-electron chi connectivity index (χ2n) is 5.99. The Bertz CT molecular complexity index is 941. The molecule has 0 atom stereocenters. The fourth-order valence-electron chi connectivity index (χ4n) is 2.85. The number of imide groups is 1. The molecule has 1 aliphatic rings. The van der Waals surface area contributed by atoms with Crippen LogP contribution < -0.4 is 4.74 Å². The number of likely N-dealkylation sites (N-methyl/N-ethyl adjacent to an activating group) is 1. The third kappa shape index (κ3) is 3.30. The van der Waals surface area contributed by atoms with Gasteiger partial charge in [0.2, 0.25) is 0 Å². The molecule has 2 heterocycles. The van der Waals surface area contributed by atoms with Crippen LogP contribution in [0.1, 0.15) is 23.9 Å². The molecule has 0 unspecified atom stereocenters. The van der Waals surface area contributed by atoms with Crippen LogP contribution in [0.15, 0.2) is 35.2 Å². The summed E-state index contributed by atoms with van der Waals surface area (Å²) in [6.07, 6.45) is 1.75. The maximum atomic E-state index is 12.1. The SMILES string of the molecule is CC(=O)Oc1ccc(-n2c(C)cc(/C=C3\SC(=O)N(C)C3=O)c2C)cc1. The van der Waals surface area contributed by atoms with Crippen molar-refractivity contribution in [3.8, 4) is 11.4 Å². The molecule has 0 aliphatic carbocycles. The van der Waals surface area contributed by atoms with E-state index in [4.69, 9.17) is 4.74 Å². The summed E-state index contributed by atoms with van der Waals surface area (Å²) in [7, 11) is 1.48. The molecule has 134 valence electrons. The van der Waals surface area contributed by atoms with E-state index in [0.717, 1.165) is 39.3 Å². The van der Waals surface area contributed by atoms with Gasteiger partial charge in [-0.2, -0.15) is 0 Å². The average molecular weight is 370 g/mol. The highest BCUT2D eigenvalue weighted by Crippen LogP contribution is 2.32. The van der Waals surface area contributed by atoms with Gasteiger partial charge in [-0.15, -0.1) is 0 Å². The molecular weight excluding hydrogens is 352 g/mol. The van der Waals surface area contributed by atoms with Gasteiger partial charge in [0.25, 0.3) is 11.1 Å². The van der Waals surface area contributed by atoms with Gasteiger partial charge in [0, 0.05) is 31.0 Å². The molecule has 0 spiro atoms. The number of ether oxygens (including phenoxy) is 1. The Labute approximate surface area is 155 Å². The number of thioether (sulfide) groups is 1. The number of carbonyl (C=O) groups excluding carboxylic acids is 3. The topological polar surface area (TPSA) is 68.6 Å². The molecule has 3 rings (SSSR count). The maximum absolute atomic E-state index is 12.1. The molecule has 0 N–H and O–H groups in total. The van der Waals surface area contributed by atoms with Crippen molar-refractivity contribution in [2.75, 3.05) is 7.05 Å². The Hall–Kier alpha value is -2.80. The summed E-state index contributed by atoms with van der Waals surface area (Å²) >= 11 is 0.945. The van der Waals surface area contributed by atoms with Crippen LogP contribution in [-0.2, 0) is 9.59 Å². The van der Waals surface area contributed by atoms with Gasteiger partial charge in [0.05, 0.1) is 4.91 Å². The van der Waals surface area contributed by atoms with Gasteiger partial charge < -0.3 is 9.30 Å². The molecule has 1 aliphatic heterocycles. The van der Waals surface area contributed by atoms with Crippen molar-refractivity contribution in [3.63, 3.8) is 0 Å². The molecule has 0 saturated carbocycles. The lowest BCUT2D eigenvalue weighted by molar-refractivity contribution is -0.131. The largest absolute Gasteiger partial charge is 0.427 e. The van der Waals surface area contributed by atoms with Gasteiger partial charge >= 0.3 is 5.97 Å². The summed E-state index contributed by atoms with van der Waals surface area (Å²) in [5, 5.41) is -0.267. The van der Waals surface area contributed by atoms with Crippen LogP contribution in [0.4, 0.5) is 4.79 Å². The molecule has 1 fully saturated rings. The molecule has 1 aromatic carbocycles. The number of aromatic nitrogens is 1. The van der Waals surface area contributed by atoms with Crippen molar-refractivity contribution in [3.05, 3.63) is 52.2 Å². The molecule has 0 bridgehead atoms. The van der Waals surface area contributed by atoms with Gasteiger partial charge in [0.15, 0.2) is 0 Å². The van der Waals surface area contributed by atoms with Gasteiger partial charge in [-0.25, -0.2) is 0 Å². The monoisotopic (exact) mass is 370 g/mol. The minimum Gasteiger partial charge on any atom is -0.427 e. The third-order valence-corrected chi connectivity index (χ3v) is 5.06. The Morgan fingerprint density at radius 3 is 2.35 bits per heavy atom. The molecule has 1 aromatic heterocycles. The molecule has 2 amide bonds. The zero-order valence-corrected chi connectivity index (χ0v) is 15.7. The highest BCUT2D eigenvalue weighted by Gasteiger charge is 2.32. The van der Waals surface area contributed by atoms with E-state index in [9.17, 15) is 14.4 Å². The summed E-state index contributed by atoms with van der Waals surface area (Å²) in [5.74, 6) is -0.158. The molecule has 2 aromatic rings. The Balaban J connectivity index is 1.95. The summed E-state index contributed by atoms with van der Waals surface area (Å²) in [6, 6.07) is 9.17. The van der Waals surface area contributed by atoms with E-state index in [2.05, 4.69) is 0 Å². The molecule has 6 nitrogen and oxygen atoms in total. The number of amides is 2. The number of carbonyl (C=O) groups is 3. The quantitative estimate of drug-likeness (QED) is 0.468. The van der Waals surface area contributed by atoms with Crippen LogP contribution in [0.25, 0.3) is 11.8 Å². The lowest BCUT2D eigenvalue weighted by atomic mass is 10.2. The second kappa shape index (κ2) is 6.84. The van der Waals surface area contributed by atoms with Crippen molar-refractivity contribution in [1.29, 1.82) is 0 Å². The van der Waals surface area contributed by atoms with E-state index in [1.54, 1.807) is 18.2 Å². The van der Waals surface area contributed by atoms with Gasteiger partial charge in [-0.3, -0.25) is 19.3 Å². The first-order valence-electron chi connectivity index (χ1n) is 7.97. The average Bonchev–Trinajstić information content (AvgIpc) is 2.99. The smallest absolute Gasteiger partial charge is 0.308 e. The lowest BCUT2D eigenvalue weighted by Gasteiger charge is -2.10. The number of benzene rings is 1. The maximum Gasteiger partial charge on any atom is 0.308 e. The first kappa shape index (κ1) is 18.0. The molecule has 26 heavy (non-hydrogen) atoms. The van der Waals surface area contributed by atoms with Crippen LogP contribution in [0, 0.1) is 13.8 Å². The zero-order chi connectivity index (χ0) is 19.0. The van der Waals surface area contributed by atoms with Crippen LogP contribution in [-0.4, -0.2) is 33.6 Å². The van der Waals surface area contributed by atoms with Crippen LogP contribution in [0.3, 0.4) is 0 Å². The number of hydrogen-bond donors (Lipinski definition) is 0. The fraction of sp³-hybridized carbons (Fsp3) is 0.211. The van der Waals surface area contributed by atoms with E-state index < -0.39 is 0 Å². The Morgan fingerprint density at radius 1 is 1.15 bits per heavy atom. The molecule has 1 saturated heterocycles. The first-order chi connectivity index (χ1) is 12.3. The van der Waals surface area contributed by atoms with E-state index in [1.807, 2.05) is 36.6 Å². The van der Waals surface area contributed by atoms with Crippen molar-refractivity contribution >= 4 is 35.0 Å². The number of aryl methyl sites for hydroxylation is 1. The van der Waals surface area contributed by atoms with Crippen LogP contribution in [0.5, 0.6) is 5.75 Å². The summed E-state index contributed by atoms with van der Waals surface area (Å²) in [6.45, 7) is 5.28. The van der Waals surface area contributed by atoms with Crippen molar-refractivity contribution in [2.24, 2.45) is 0 Å². The predicted molar refractivity (Wildman–Crippen MR) is 100 cm³/mol. The second-order valence-corrected chi connectivity index (χ2v) is 6.98. The summed E-state index contributed by atoms with van der Waals surface area (Å²) < 4.78 is 7.10. The fourth-order valence-corrected chi connectivity index (χ4v) is 3.67. The van der Waals surface area contributed by atoms with Gasteiger partial charge in [-0.1, -0.05) is 0 Å². The highest BCUT2D eigenvalue weighted by atomic mass is 32.2. The van der Waals surface area contributed by atoms with Crippen molar-refractivity contribution in [1.82, 2.24) is 9.47 Å². The molecule has 7 heteroatoms. The highest BCUT2D eigenvalue weighted by molar-refractivity contribution is 8.18. The molecular formula is C19H18N2O4S. The minimum absolute atomic E-state index is 0.267. The van der Waals surface area contributed by atoms with Crippen molar-refractivity contribution < 1.29 is 19.1 Å². The standard InChI is InChI=1S/C19H18N2O4S/c1-11-9-14(10-17-18(23)20(4)19(24)26-17)12(2)21(11)15-5-7-16(8-6-15)25-13(3)22/h5-10H,1-4H3/b17-10-. The van der Waals surface area contributed by atoms with E-state index >= 15 is 0 Å². The summed E-state index contributed by atoms with van der Waals surface area (Å²) in [4.78, 5) is 36.3. The van der Waals surface area contributed by atoms with E-state index in [-0.39, 0.29) is 17.1 Å². The first-order valence-corrected chi connectivity index (χ1v) is 8.79. The van der Waals surface area contributed by atoms with Crippen molar-refractivity contribution in [2.45, 2.75) is 20.8 Å². The Morgan fingerprint density at radius 2 is 1.81 bits per heavy atom. The molecule has 0 radical (unpaired) electrons. The number of rotatable bonds is 3. The lowest BCUT2D eigenvalue weighted by Crippen LogP contribution is -2.22. The van der Waals surface area contributed by atoms with E-state index in [1.165, 1.54) is 14.0 Å². The van der Waals surface area contributed by atoms with Crippen LogP contribution in [0.2, 0.25) is 0 Å². The minimum atomic E-state index is -0.363. The zero-order valence-electron chi connectivity index (χ0n) is 14.9. The number of hydrogen-bond acceptors (Lipinski definition) is 5. The number of nitrogens with zero attached hydrogens (tertiary/aromatic N) is 2.